The van der Waals surface area contributed by atoms with Crippen LogP contribution in [0.1, 0.15) is 10.4 Å². The number of carbonyl (C=O) groups is 1. The van der Waals surface area contributed by atoms with Crippen LogP contribution in [0.5, 0.6) is 5.75 Å². The number of carbonyl (C=O) groups excluding carboxylic acids is 1. The minimum Gasteiger partial charge on any atom is -0.420 e. The Labute approximate surface area is 167 Å². The zero-order valence-corrected chi connectivity index (χ0v) is 15.4. The zero-order valence-electron chi connectivity index (χ0n) is 13.9. The minimum absolute atomic E-state index is 0.0656. The molecule has 0 atom stereocenters. The summed E-state index contributed by atoms with van der Waals surface area (Å²) in [5, 5.41) is 2.67. The number of hydrogen-bond donors (Lipinski definition) is 2. The van der Waals surface area contributed by atoms with Crippen LogP contribution in [-0.4, -0.2) is 26.4 Å². The van der Waals surface area contributed by atoms with E-state index in [4.69, 9.17) is 28.9 Å². The lowest BCUT2D eigenvalue weighted by Crippen LogP contribution is -2.16. The van der Waals surface area contributed by atoms with E-state index in [0.29, 0.717) is 16.8 Å². The van der Waals surface area contributed by atoms with Crippen LogP contribution in [0.25, 0.3) is 11.1 Å². The van der Waals surface area contributed by atoms with Crippen LogP contribution < -0.4 is 15.8 Å². The second-order valence-corrected chi connectivity index (χ2v) is 6.21. The summed E-state index contributed by atoms with van der Waals surface area (Å²) >= 11 is 10.8. The number of nitrogens with two attached hydrogens (primary N) is 1. The summed E-state index contributed by atoms with van der Waals surface area (Å²) in [5.41, 5.74) is 3.34. The normalized spacial score (nSPS) is 11.1. The smallest absolute Gasteiger partial charge is 0.420 e. The molecule has 1 amide bonds. The molecule has 0 saturated carbocycles. The molecular formula is C17H11Cl2F2N5O2. The van der Waals surface area contributed by atoms with E-state index >= 15 is 0 Å². The van der Waals surface area contributed by atoms with Crippen molar-refractivity contribution < 1.29 is 18.3 Å². The number of alkyl halides is 3. The van der Waals surface area contributed by atoms with E-state index in [2.05, 4.69) is 25.0 Å². The lowest BCUT2D eigenvalue weighted by molar-refractivity contribution is -0.0964. The maximum Gasteiger partial charge on any atom is 0.487 e. The van der Waals surface area contributed by atoms with Crippen LogP contribution >= 0.6 is 23.2 Å². The van der Waals surface area contributed by atoms with Gasteiger partial charge < -0.3 is 15.8 Å². The maximum absolute atomic E-state index is 12.6. The van der Waals surface area contributed by atoms with E-state index in [0.717, 1.165) is 0 Å². The molecule has 0 fully saturated rings. The standard InChI is InChI=1S/C17H11Cl2F2N5O2/c18-14-12(9-6-23-8-24-7-9)5-13(15(22)26-14)16(27)25-10-1-3-11(4-2-10)28-17(19,20)21/h1-8H,(H2,22,26)(H,25,27). The Morgan fingerprint density at radius 1 is 1.18 bits per heavy atom. The molecule has 0 spiro atoms. The number of aromatic nitrogens is 3. The second kappa shape index (κ2) is 7.91. The number of halogens is 4. The molecule has 1 aromatic carbocycles. The molecule has 11 heteroatoms. The summed E-state index contributed by atoms with van der Waals surface area (Å²) < 4.78 is 29.5. The Morgan fingerprint density at radius 3 is 2.43 bits per heavy atom. The van der Waals surface area contributed by atoms with Gasteiger partial charge in [0, 0.05) is 40.8 Å². The van der Waals surface area contributed by atoms with Crippen molar-refractivity contribution in [2.75, 3.05) is 11.1 Å². The largest absolute Gasteiger partial charge is 0.487 e. The van der Waals surface area contributed by atoms with Crippen molar-refractivity contribution in [3.63, 3.8) is 0 Å². The summed E-state index contributed by atoms with van der Waals surface area (Å²) in [6.07, 6.45) is 4.38. The predicted octanol–water partition coefficient (Wildman–Crippen LogP) is 4.19. The molecule has 7 nitrogen and oxygen atoms in total. The summed E-state index contributed by atoms with van der Waals surface area (Å²) in [7, 11) is 0. The van der Waals surface area contributed by atoms with Gasteiger partial charge in [-0.05, 0) is 30.3 Å². The molecule has 2 aromatic heterocycles. The third-order valence-corrected chi connectivity index (χ3v) is 3.83. The second-order valence-electron chi connectivity index (χ2n) is 5.41. The number of ether oxygens (including phenoxy) is 1. The molecule has 0 aliphatic rings. The van der Waals surface area contributed by atoms with Gasteiger partial charge in [-0.2, -0.15) is 0 Å². The highest BCUT2D eigenvalue weighted by Crippen LogP contribution is 2.29. The Hall–Kier alpha value is -3.04. The molecule has 0 unspecified atom stereocenters. The number of nitrogens with one attached hydrogen (secondary N) is 1. The van der Waals surface area contributed by atoms with Crippen LogP contribution in [0.4, 0.5) is 20.3 Å². The number of nitrogen functional groups attached to an aromatic ring is 1. The first-order valence-corrected chi connectivity index (χ1v) is 8.37. The number of nitrogens with zero attached hydrogens (tertiary/aromatic N) is 3. The van der Waals surface area contributed by atoms with Crippen molar-refractivity contribution in [1.82, 2.24) is 15.0 Å². The minimum atomic E-state index is -3.83. The molecule has 144 valence electrons. The number of pyridine rings is 1. The van der Waals surface area contributed by atoms with Crippen molar-refractivity contribution in [3.05, 3.63) is 59.8 Å². The van der Waals surface area contributed by atoms with Gasteiger partial charge in [0.1, 0.15) is 23.0 Å². The quantitative estimate of drug-likeness (QED) is 0.469. The van der Waals surface area contributed by atoms with E-state index in [1.54, 1.807) is 0 Å². The molecule has 28 heavy (non-hydrogen) atoms. The fraction of sp³-hybridized carbons (Fsp3) is 0.0588. The topological polar surface area (TPSA) is 103 Å². The highest BCUT2D eigenvalue weighted by molar-refractivity contribution is 6.32. The lowest BCUT2D eigenvalue weighted by Gasteiger charge is -2.12. The van der Waals surface area contributed by atoms with Gasteiger partial charge in [0.05, 0.1) is 5.56 Å². The van der Waals surface area contributed by atoms with E-state index in [9.17, 15) is 13.6 Å². The summed E-state index contributed by atoms with van der Waals surface area (Å²) in [6, 6.07) is 6.64. The van der Waals surface area contributed by atoms with Crippen LogP contribution in [0, 0.1) is 0 Å². The summed E-state index contributed by atoms with van der Waals surface area (Å²) in [6.45, 7) is 0. The van der Waals surface area contributed by atoms with Crippen molar-refractivity contribution >= 4 is 40.6 Å². The van der Waals surface area contributed by atoms with Gasteiger partial charge >= 0.3 is 5.57 Å². The highest BCUT2D eigenvalue weighted by atomic mass is 35.5. The fourth-order valence-electron chi connectivity index (χ4n) is 2.26. The number of hydrogen-bond acceptors (Lipinski definition) is 6. The summed E-state index contributed by atoms with van der Waals surface area (Å²) in [4.78, 5) is 24.3. The maximum atomic E-state index is 12.6. The van der Waals surface area contributed by atoms with Gasteiger partial charge in [0.2, 0.25) is 0 Å². The SMILES string of the molecule is Nc1nc(Cl)c(-c2cncnc2)cc1C(=O)Nc1ccc(OC(F)(F)Cl)cc1. The monoisotopic (exact) mass is 425 g/mol. The first-order chi connectivity index (χ1) is 13.2. The molecule has 0 radical (unpaired) electrons. The van der Waals surface area contributed by atoms with Gasteiger partial charge in [-0.15, -0.1) is 8.78 Å². The first-order valence-electron chi connectivity index (χ1n) is 7.61. The summed E-state index contributed by atoms with van der Waals surface area (Å²) in [5.74, 6) is -0.821. The molecule has 0 saturated heterocycles. The molecule has 3 aromatic rings. The van der Waals surface area contributed by atoms with Gasteiger partial charge in [-0.25, -0.2) is 15.0 Å². The Bertz CT molecular complexity index is 999. The van der Waals surface area contributed by atoms with Crippen LogP contribution in [0.15, 0.2) is 49.1 Å². The van der Waals surface area contributed by atoms with Crippen molar-refractivity contribution in [2.24, 2.45) is 0 Å². The number of benzene rings is 1. The molecule has 2 heterocycles. The van der Waals surface area contributed by atoms with Crippen molar-refractivity contribution in [3.8, 4) is 16.9 Å². The van der Waals surface area contributed by atoms with Gasteiger partial charge in [0.15, 0.2) is 0 Å². The molecule has 3 N–H and O–H groups in total. The van der Waals surface area contributed by atoms with Gasteiger partial charge in [-0.1, -0.05) is 11.6 Å². The van der Waals surface area contributed by atoms with Crippen LogP contribution in [-0.2, 0) is 0 Å². The van der Waals surface area contributed by atoms with E-state index in [1.165, 1.54) is 49.1 Å². The first kappa shape index (κ1) is 19.7. The van der Waals surface area contributed by atoms with Gasteiger partial charge in [-0.3, -0.25) is 4.79 Å². The fourth-order valence-corrected chi connectivity index (χ4v) is 2.61. The highest BCUT2D eigenvalue weighted by Gasteiger charge is 2.27. The number of anilines is 2. The molecule has 0 aliphatic heterocycles. The van der Waals surface area contributed by atoms with E-state index in [-0.39, 0.29) is 22.3 Å². The van der Waals surface area contributed by atoms with E-state index < -0.39 is 11.5 Å². The average molecular weight is 426 g/mol. The number of amides is 1. The van der Waals surface area contributed by atoms with Crippen LogP contribution in [0.3, 0.4) is 0 Å². The molecule has 0 bridgehead atoms. The molecule has 3 rings (SSSR count). The number of rotatable bonds is 5. The van der Waals surface area contributed by atoms with E-state index in [1.807, 2.05) is 0 Å². The molecular weight excluding hydrogens is 415 g/mol. The third kappa shape index (κ3) is 4.81. The zero-order chi connectivity index (χ0) is 20.3. The average Bonchev–Trinajstić information content (AvgIpc) is 2.63. The Balaban J connectivity index is 1.83. The Kier molecular flexibility index (Phi) is 5.57. The van der Waals surface area contributed by atoms with Crippen molar-refractivity contribution in [2.45, 2.75) is 5.57 Å². The van der Waals surface area contributed by atoms with Crippen LogP contribution in [0.2, 0.25) is 5.15 Å². The lowest BCUT2D eigenvalue weighted by atomic mass is 10.1. The Morgan fingerprint density at radius 2 is 1.82 bits per heavy atom. The predicted molar refractivity (Wildman–Crippen MR) is 101 cm³/mol. The third-order valence-electron chi connectivity index (χ3n) is 3.47. The van der Waals surface area contributed by atoms with Gasteiger partial charge in [0.25, 0.3) is 5.91 Å². The van der Waals surface area contributed by atoms with Crippen molar-refractivity contribution in [1.29, 1.82) is 0 Å². The molecule has 0 aliphatic carbocycles.